The topological polar surface area (TPSA) is 61.5 Å². The van der Waals surface area contributed by atoms with Crippen LogP contribution in [0, 0.1) is 0 Å². The fraction of sp³-hybridized carbons (Fsp3) is 0.500. The van der Waals surface area contributed by atoms with Crippen molar-refractivity contribution in [1.29, 1.82) is 0 Å². The molecule has 0 aromatic carbocycles. The van der Waals surface area contributed by atoms with E-state index in [0.717, 1.165) is 23.5 Å². The van der Waals surface area contributed by atoms with E-state index in [2.05, 4.69) is 0 Å². The van der Waals surface area contributed by atoms with Crippen LogP contribution in [0.4, 0.5) is 5.00 Å². The van der Waals surface area contributed by atoms with Gasteiger partial charge in [0.1, 0.15) is 10.6 Å². The Kier molecular flexibility index (Phi) is 2.81. The molecule has 2 rings (SSSR count). The third-order valence-electron chi connectivity index (χ3n) is 2.28. The minimum atomic E-state index is -0.335. The average Bonchev–Trinajstić information content (AvgIpc) is 2.54. The number of hydrogen-bond acceptors (Lipinski definition) is 5. The van der Waals surface area contributed by atoms with E-state index in [-0.39, 0.29) is 5.97 Å². The number of thiophene rings is 1. The Morgan fingerprint density at radius 3 is 3.20 bits per heavy atom. The van der Waals surface area contributed by atoms with Gasteiger partial charge in [-0.2, -0.15) is 0 Å². The number of anilines is 1. The summed E-state index contributed by atoms with van der Waals surface area (Å²) in [5.74, 6) is -0.335. The summed E-state index contributed by atoms with van der Waals surface area (Å²) in [6, 6.07) is 0. The molecule has 0 amide bonds. The first-order valence-electron chi connectivity index (χ1n) is 4.95. The molecule has 0 fully saturated rings. The first kappa shape index (κ1) is 10.3. The molecule has 1 aromatic heterocycles. The molecule has 15 heavy (non-hydrogen) atoms. The number of fused-ring (bicyclic) bond motifs is 1. The van der Waals surface area contributed by atoms with Gasteiger partial charge in [0.05, 0.1) is 13.2 Å². The molecule has 0 atom stereocenters. The summed E-state index contributed by atoms with van der Waals surface area (Å²) in [7, 11) is 0. The number of ether oxygens (including phenoxy) is 2. The van der Waals surface area contributed by atoms with Crippen molar-refractivity contribution >= 4 is 22.3 Å². The van der Waals surface area contributed by atoms with Gasteiger partial charge in [-0.1, -0.05) is 11.3 Å². The van der Waals surface area contributed by atoms with E-state index in [1.807, 2.05) is 0 Å². The number of hydrogen-bond donors (Lipinski definition) is 1. The molecule has 0 aliphatic carbocycles. The lowest BCUT2D eigenvalue weighted by molar-refractivity contribution is 0.0526. The first-order valence-corrected chi connectivity index (χ1v) is 5.76. The lowest BCUT2D eigenvalue weighted by Crippen LogP contribution is -2.12. The van der Waals surface area contributed by atoms with E-state index in [9.17, 15) is 4.79 Å². The summed E-state index contributed by atoms with van der Waals surface area (Å²) in [6.07, 6.45) is 1.77. The Bertz CT molecular complexity index is 386. The zero-order chi connectivity index (χ0) is 10.8. The Morgan fingerprint density at radius 1 is 1.67 bits per heavy atom. The smallest absolute Gasteiger partial charge is 0.341 e. The van der Waals surface area contributed by atoms with Crippen LogP contribution in [-0.4, -0.2) is 19.2 Å². The number of esters is 1. The van der Waals surface area contributed by atoms with Gasteiger partial charge in [-0.15, -0.1) is 0 Å². The standard InChI is InChI=1S/C10H13NO3S/c1-2-13-9(12)7-6-4-3-5-14-10(6)15-8(7)11/h2-5,11H2,1H3. The van der Waals surface area contributed by atoms with E-state index < -0.39 is 0 Å². The summed E-state index contributed by atoms with van der Waals surface area (Å²) >= 11 is 1.33. The quantitative estimate of drug-likeness (QED) is 0.783. The molecule has 5 heteroatoms. The average molecular weight is 227 g/mol. The molecule has 1 aliphatic rings. The highest BCUT2D eigenvalue weighted by atomic mass is 32.1. The largest absolute Gasteiger partial charge is 0.484 e. The predicted octanol–water partition coefficient (Wildman–Crippen LogP) is 1.83. The van der Waals surface area contributed by atoms with Crippen molar-refractivity contribution < 1.29 is 14.3 Å². The minimum Gasteiger partial charge on any atom is -0.484 e. The van der Waals surface area contributed by atoms with Gasteiger partial charge >= 0.3 is 5.97 Å². The van der Waals surface area contributed by atoms with Crippen molar-refractivity contribution in [2.75, 3.05) is 18.9 Å². The van der Waals surface area contributed by atoms with Crippen molar-refractivity contribution in [2.24, 2.45) is 0 Å². The van der Waals surface area contributed by atoms with Crippen LogP contribution < -0.4 is 10.5 Å². The van der Waals surface area contributed by atoms with Gasteiger partial charge in [-0.05, 0) is 19.8 Å². The highest BCUT2D eigenvalue weighted by Crippen LogP contribution is 2.40. The van der Waals surface area contributed by atoms with Crippen LogP contribution in [0.2, 0.25) is 0 Å². The fourth-order valence-electron chi connectivity index (χ4n) is 1.65. The molecule has 0 saturated heterocycles. The van der Waals surface area contributed by atoms with Gasteiger partial charge in [-0.25, -0.2) is 4.79 Å². The molecule has 1 aliphatic heterocycles. The maximum atomic E-state index is 11.6. The van der Waals surface area contributed by atoms with E-state index in [4.69, 9.17) is 15.2 Å². The zero-order valence-electron chi connectivity index (χ0n) is 8.54. The molecular weight excluding hydrogens is 214 g/mol. The molecule has 2 heterocycles. The van der Waals surface area contributed by atoms with Gasteiger partial charge in [-0.3, -0.25) is 0 Å². The van der Waals surface area contributed by atoms with Crippen molar-refractivity contribution in [3.05, 3.63) is 11.1 Å². The van der Waals surface area contributed by atoms with Gasteiger partial charge in [0.25, 0.3) is 0 Å². The Morgan fingerprint density at radius 2 is 2.47 bits per heavy atom. The van der Waals surface area contributed by atoms with Crippen molar-refractivity contribution in [2.45, 2.75) is 19.8 Å². The second kappa shape index (κ2) is 4.10. The lowest BCUT2D eigenvalue weighted by Gasteiger charge is -2.13. The van der Waals surface area contributed by atoms with Crippen LogP contribution in [0.1, 0.15) is 29.3 Å². The van der Waals surface area contributed by atoms with Crippen LogP contribution in [0.3, 0.4) is 0 Å². The second-order valence-electron chi connectivity index (χ2n) is 3.28. The number of carbonyl (C=O) groups excluding carboxylic acids is 1. The van der Waals surface area contributed by atoms with E-state index >= 15 is 0 Å². The van der Waals surface area contributed by atoms with Crippen LogP contribution in [0.5, 0.6) is 5.06 Å². The molecule has 1 aromatic rings. The molecule has 0 saturated carbocycles. The number of nitrogens with two attached hydrogens (primary N) is 1. The normalized spacial score (nSPS) is 14.2. The summed E-state index contributed by atoms with van der Waals surface area (Å²) in [5, 5.41) is 1.28. The molecule has 2 N–H and O–H groups in total. The van der Waals surface area contributed by atoms with Crippen LogP contribution in [-0.2, 0) is 11.2 Å². The van der Waals surface area contributed by atoms with E-state index in [1.165, 1.54) is 11.3 Å². The zero-order valence-corrected chi connectivity index (χ0v) is 9.36. The van der Waals surface area contributed by atoms with Gasteiger partial charge < -0.3 is 15.2 Å². The molecule has 0 unspecified atom stereocenters. The van der Waals surface area contributed by atoms with Gasteiger partial charge in [0.2, 0.25) is 0 Å². The first-order chi connectivity index (χ1) is 7.24. The van der Waals surface area contributed by atoms with Crippen LogP contribution >= 0.6 is 11.3 Å². The van der Waals surface area contributed by atoms with Gasteiger partial charge in [0, 0.05) is 5.56 Å². The maximum Gasteiger partial charge on any atom is 0.341 e. The van der Waals surface area contributed by atoms with E-state index in [1.54, 1.807) is 6.92 Å². The number of rotatable bonds is 2. The molecular formula is C10H13NO3S. The fourth-order valence-corrected chi connectivity index (χ4v) is 2.63. The molecule has 0 spiro atoms. The maximum absolute atomic E-state index is 11.6. The summed E-state index contributed by atoms with van der Waals surface area (Å²) in [6.45, 7) is 2.85. The molecule has 82 valence electrons. The summed E-state index contributed by atoms with van der Waals surface area (Å²) < 4.78 is 10.4. The summed E-state index contributed by atoms with van der Waals surface area (Å²) in [4.78, 5) is 11.6. The highest BCUT2D eigenvalue weighted by molar-refractivity contribution is 7.18. The van der Waals surface area contributed by atoms with Crippen LogP contribution in [0.15, 0.2) is 0 Å². The third-order valence-corrected chi connectivity index (χ3v) is 3.25. The van der Waals surface area contributed by atoms with Crippen LogP contribution in [0.25, 0.3) is 0 Å². The minimum absolute atomic E-state index is 0.335. The molecule has 0 radical (unpaired) electrons. The lowest BCUT2D eigenvalue weighted by atomic mass is 10.1. The Balaban J connectivity index is 2.37. The summed E-state index contributed by atoms with van der Waals surface area (Å²) in [5.41, 5.74) is 7.22. The van der Waals surface area contributed by atoms with Crippen molar-refractivity contribution in [3.63, 3.8) is 0 Å². The van der Waals surface area contributed by atoms with Crippen molar-refractivity contribution in [1.82, 2.24) is 0 Å². The van der Waals surface area contributed by atoms with E-state index in [0.29, 0.717) is 23.8 Å². The van der Waals surface area contributed by atoms with Gasteiger partial charge in [0.15, 0.2) is 5.06 Å². The highest BCUT2D eigenvalue weighted by Gasteiger charge is 2.26. The van der Waals surface area contributed by atoms with Crippen molar-refractivity contribution in [3.8, 4) is 5.06 Å². The number of carbonyl (C=O) groups is 1. The molecule has 0 bridgehead atoms. The number of nitrogen functional groups attached to an aromatic ring is 1. The Labute approximate surface area is 92.0 Å². The Hall–Kier alpha value is -1.23. The predicted molar refractivity (Wildman–Crippen MR) is 58.5 cm³/mol. The second-order valence-corrected chi connectivity index (χ2v) is 4.29. The third kappa shape index (κ3) is 1.79. The monoisotopic (exact) mass is 227 g/mol. The molecule has 4 nitrogen and oxygen atoms in total. The SMILES string of the molecule is CCOC(=O)c1c(N)sc2c1CCCO2.